The van der Waals surface area contributed by atoms with E-state index in [0.29, 0.717) is 12.0 Å². The van der Waals surface area contributed by atoms with Crippen LogP contribution in [0.3, 0.4) is 0 Å². The molecular formula is C24H21NO3. The van der Waals surface area contributed by atoms with Gasteiger partial charge in [-0.3, -0.25) is 14.5 Å². The average molecular weight is 371 g/mol. The smallest absolute Gasteiger partial charge is 0.303 e. The van der Waals surface area contributed by atoms with Crippen LogP contribution in [0.15, 0.2) is 84.9 Å². The van der Waals surface area contributed by atoms with Gasteiger partial charge in [-0.25, -0.2) is 0 Å². The zero-order valence-electron chi connectivity index (χ0n) is 15.4. The molecule has 0 saturated carbocycles. The molecule has 0 saturated heterocycles. The first kappa shape index (κ1) is 18.0. The molecule has 0 fully saturated rings. The van der Waals surface area contributed by atoms with Crippen LogP contribution in [0.25, 0.3) is 0 Å². The summed E-state index contributed by atoms with van der Waals surface area (Å²) < 4.78 is 0. The van der Waals surface area contributed by atoms with E-state index in [4.69, 9.17) is 0 Å². The molecule has 1 aliphatic heterocycles. The van der Waals surface area contributed by atoms with Crippen LogP contribution in [0.5, 0.6) is 0 Å². The highest BCUT2D eigenvalue weighted by Crippen LogP contribution is 2.51. The van der Waals surface area contributed by atoms with E-state index >= 15 is 0 Å². The van der Waals surface area contributed by atoms with Crippen LogP contribution in [-0.4, -0.2) is 17.0 Å². The van der Waals surface area contributed by atoms with Crippen molar-refractivity contribution in [2.75, 3.05) is 4.90 Å². The topological polar surface area (TPSA) is 57.6 Å². The average Bonchev–Trinajstić information content (AvgIpc) is 3.07. The van der Waals surface area contributed by atoms with Gasteiger partial charge in [-0.15, -0.1) is 0 Å². The maximum atomic E-state index is 13.5. The molecule has 2 atom stereocenters. The number of benzene rings is 3. The number of carbonyl (C=O) groups is 2. The van der Waals surface area contributed by atoms with Gasteiger partial charge in [-0.1, -0.05) is 66.7 Å². The summed E-state index contributed by atoms with van der Waals surface area (Å²) in [5, 5.41) is 9.25. The van der Waals surface area contributed by atoms with Gasteiger partial charge in [0.15, 0.2) is 0 Å². The second-order valence-electron chi connectivity index (χ2n) is 6.99. The van der Waals surface area contributed by atoms with Crippen molar-refractivity contribution in [1.82, 2.24) is 0 Å². The summed E-state index contributed by atoms with van der Waals surface area (Å²) in [7, 11) is 0. The third-order valence-corrected chi connectivity index (χ3v) is 5.30. The molecular weight excluding hydrogens is 350 g/mol. The quantitative estimate of drug-likeness (QED) is 0.684. The van der Waals surface area contributed by atoms with Gasteiger partial charge in [0, 0.05) is 23.6 Å². The molecule has 3 aromatic rings. The van der Waals surface area contributed by atoms with Gasteiger partial charge in [0.2, 0.25) is 0 Å². The van der Waals surface area contributed by atoms with E-state index in [9.17, 15) is 14.7 Å². The fourth-order valence-electron chi connectivity index (χ4n) is 4.10. The summed E-state index contributed by atoms with van der Waals surface area (Å²) in [6.45, 7) is 0. The number of carboxylic acids is 1. The lowest BCUT2D eigenvalue weighted by Crippen LogP contribution is -2.33. The number of carbonyl (C=O) groups excluding carboxylic acids is 1. The van der Waals surface area contributed by atoms with Crippen molar-refractivity contribution in [3.63, 3.8) is 0 Å². The number of para-hydroxylation sites is 1. The molecule has 0 aromatic heterocycles. The maximum absolute atomic E-state index is 13.5. The zero-order chi connectivity index (χ0) is 19.5. The highest BCUT2D eigenvalue weighted by Gasteiger charge is 2.42. The molecule has 0 radical (unpaired) electrons. The van der Waals surface area contributed by atoms with Crippen molar-refractivity contribution in [3.05, 3.63) is 102 Å². The molecule has 140 valence electrons. The first-order valence-corrected chi connectivity index (χ1v) is 9.41. The van der Waals surface area contributed by atoms with Gasteiger partial charge in [0.25, 0.3) is 5.91 Å². The van der Waals surface area contributed by atoms with Crippen LogP contribution in [-0.2, 0) is 4.79 Å². The fourth-order valence-corrected chi connectivity index (χ4v) is 4.10. The summed E-state index contributed by atoms with van der Waals surface area (Å²) in [4.78, 5) is 26.6. The van der Waals surface area contributed by atoms with Gasteiger partial charge < -0.3 is 5.11 Å². The molecule has 1 N–H and O–H groups in total. The number of carboxylic acid groups (broad SMARTS) is 1. The Hall–Kier alpha value is -3.40. The monoisotopic (exact) mass is 371 g/mol. The SMILES string of the molecule is O=C(O)CCC1c2ccccc2N(C(=O)c2ccccc2)C1c1ccccc1. The molecule has 0 aliphatic carbocycles. The molecule has 1 aliphatic rings. The lowest BCUT2D eigenvalue weighted by molar-refractivity contribution is -0.137. The lowest BCUT2D eigenvalue weighted by Gasteiger charge is -2.29. The van der Waals surface area contributed by atoms with E-state index in [-0.39, 0.29) is 24.3 Å². The second kappa shape index (κ2) is 7.69. The lowest BCUT2D eigenvalue weighted by atomic mass is 9.86. The van der Waals surface area contributed by atoms with E-state index in [1.54, 1.807) is 0 Å². The minimum absolute atomic E-state index is 0.0652. The van der Waals surface area contributed by atoms with Crippen LogP contribution in [0.4, 0.5) is 5.69 Å². The molecule has 3 aromatic carbocycles. The first-order chi connectivity index (χ1) is 13.7. The van der Waals surface area contributed by atoms with Gasteiger partial charge >= 0.3 is 5.97 Å². The van der Waals surface area contributed by atoms with Gasteiger partial charge in [0.1, 0.15) is 0 Å². The normalized spacial score (nSPS) is 17.9. The molecule has 4 heteroatoms. The van der Waals surface area contributed by atoms with E-state index in [1.165, 1.54) is 0 Å². The van der Waals surface area contributed by atoms with Crippen molar-refractivity contribution < 1.29 is 14.7 Å². The van der Waals surface area contributed by atoms with Crippen LogP contribution < -0.4 is 4.90 Å². The third kappa shape index (κ3) is 3.29. The Bertz CT molecular complexity index is 985. The van der Waals surface area contributed by atoms with E-state index in [2.05, 4.69) is 0 Å². The Morgan fingerprint density at radius 3 is 2.11 bits per heavy atom. The molecule has 2 unspecified atom stereocenters. The number of hydrogen-bond donors (Lipinski definition) is 1. The summed E-state index contributed by atoms with van der Waals surface area (Å²) in [6.07, 6.45) is 0.542. The van der Waals surface area contributed by atoms with Crippen LogP contribution in [0, 0.1) is 0 Å². The van der Waals surface area contributed by atoms with Crippen LogP contribution in [0.1, 0.15) is 46.3 Å². The molecule has 28 heavy (non-hydrogen) atoms. The standard InChI is InChI=1S/C24H21NO3/c26-22(27)16-15-20-19-13-7-8-14-21(19)25(23(20)17-9-3-1-4-10-17)24(28)18-11-5-2-6-12-18/h1-14,20,23H,15-16H2,(H,26,27). The summed E-state index contributed by atoms with van der Waals surface area (Å²) in [5.41, 5.74) is 3.53. The largest absolute Gasteiger partial charge is 0.481 e. The van der Waals surface area contributed by atoms with Crippen LogP contribution in [0.2, 0.25) is 0 Å². The zero-order valence-corrected chi connectivity index (χ0v) is 15.4. The Balaban J connectivity index is 1.84. The van der Waals surface area contributed by atoms with Gasteiger partial charge in [-0.2, -0.15) is 0 Å². The highest BCUT2D eigenvalue weighted by atomic mass is 16.4. The number of anilines is 1. The number of nitrogens with zero attached hydrogens (tertiary/aromatic N) is 1. The molecule has 0 bridgehead atoms. The van der Waals surface area contributed by atoms with Gasteiger partial charge in [0.05, 0.1) is 6.04 Å². The number of amides is 1. The Labute approximate surface area is 164 Å². The predicted octanol–water partition coefficient (Wildman–Crippen LogP) is 5.04. The molecule has 0 spiro atoms. The second-order valence-corrected chi connectivity index (χ2v) is 6.99. The van der Waals surface area contributed by atoms with Crippen molar-refractivity contribution >= 4 is 17.6 Å². The van der Waals surface area contributed by atoms with Crippen molar-refractivity contribution in [2.45, 2.75) is 24.8 Å². The van der Waals surface area contributed by atoms with Gasteiger partial charge in [-0.05, 0) is 35.7 Å². The molecule has 4 nitrogen and oxygen atoms in total. The Kier molecular flexibility index (Phi) is 4.94. The molecule has 1 amide bonds. The fraction of sp³-hybridized carbons (Fsp3) is 0.167. The summed E-state index contributed by atoms with van der Waals surface area (Å²) in [6, 6.07) is 26.7. The van der Waals surface area contributed by atoms with E-state index in [1.807, 2.05) is 89.8 Å². The first-order valence-electron chi connectivity index (χ1n) is 9.41. The molecule has 4 rings (SSSR count). The van der Waals surface area contributed by atoms with Crippen molar-refractivity contribution in [2.24, 2.45) is 0 Å². The molecule has 1 heterocycles. The third-order valence-electron chi connectivity index (χ3n) is 5.30. The number of aliphatic carboxylic acids is 1. The number of rotatable bonds is 5. The number of fused-ring (bicyclic) bond motifs is 1. The Morgan fingerprint density at radius 1 is 0.821 bits per heavy atom. The van der Waals surface area contributed by atoms with E-state index in [0.717, 1.165) is 16.8 Å². The minimum Gasteiger partial charge on any atom is -0.481 e. The van der Waals surface area contributed by atoms with Crippen molar-refractivity contribution in [1.29, 1.82) is 0 Å². The van der Waals surface area contributed by atoms with E-state index < -0.39 is 5.97 Å². The summed E-state index contributed by atoms with van der Waals surface area (Å²) in [5.74, 6) is -0.959. The van der Waals surface area contributed by atoms with Crippen molar-refractivity contribution in [3.8, 4) is 0 Å². The highest BCUT2D eigenvalue weighted by molar-refractivity contribution is 6.08. The predicted molar refractivity (Wildman–Crippen MR) is 108 cm³/mol. The Morgan fingerprint density at radius 2 is 1.43 bits per heavy atom. The minimum atomic E-state index is -0.822. The van der Waals surface area contributed by atoms with Crippen LogP contribution >= 0.6 is 0 Å². The maximum Gasteiger partial charge on any atom is 0.303 e. The summed E-state index contributed by atoms with van der Waals surface area (Å²) >= 11 is 0. The number of hydrogen-bond acceptors (Lipinski definition) is 2.